The predicted molar refractivity (Wildman–Crippen MR) is 67.0 cm³/mol. The lowest BCUT2D eigenvalue weighted by atomic mass is 9.89. The Kier molecular flexibility index (Phi) is 3.25. The van der Waals surface area contributed by atoms with Crippen molar-refractivity contribution in [1.29, 1.82) is 0 Å². The molecule has 2 heteroatoms. The summed E-state index contributed by atoms with van der Waals surface area (Å²) in [7, 11) is 0. The van der Waals surface area contributed by atoms with Crippen LogP contribution in [0.2, 0.25) is 0 Å². The number of hydrogen-bond donors (Lipinski definition) is 0. The van der Waals surface area contributed by atoms with Crippen molar-refractivity contribution in [2.45, 2.75) is 25.5 Å². The molecule has 0 N–H and O–H groups in total. The monoisotopic (exact) mass is 222 g/mol. The number of rotatable bonds is 4. The lowest BCUT2D eigenvalue weighted by Gasteiger charge is -2.24. The lowest BCUT2D eigenvalue weighted by Crippen LogP contribution is -2.14. The van der Waals surface area contributed by atoms with Crippen LogP contribution in [0.5, 0.6) is 0 Å². The van der Waals surface area contributed by atoms with Crippen molar-refractivity contribution < 1.29 is 4.74 Å². The Morgan fingerprint density at radius 1 is 1.67 bits per heavy atom. The van der Waals surface area contributed by atoms with Crippen LogP contribution in [0.4, 0.5) is 0 Å². The van der Waals surface area contributed by atoms with Crippen molar-refractivity contribution in [2.24, 2.45) is 5.92 Å². The summed E-state index contributed by atoms with van der Waals surface area (Å²) in [5.74, 6) is 2.82. The molecule has 15 heavy (non-hydrogen) atoms. The Labute approximate surface area is 96.3 Å². The van der Waals surface area contributed by atoms with Crippen LogP contribution in [0.25, 0.3) is 0 Å². The fraction of sp³-hybridized carbons (Fsp3) is 0.538. The van der Waals surface area contributed by atoms with Crippen LogP contribution in [0, 0.1) is 5.92 Å². The van der Waals surface area contributed by atoms with E-state index in [1.165, 1.54) is 16.9 Å². The van der Waals surface area contributed by atoms with E-state index in [0.717, 1.165) is 24.0 Å². The summed E-state index contributed by atoms with van der Waals surface area (Å²) in [6.07, 6.45) is 5.42. The van der Waals surface area contributed by atoms with E-state index in [2.05, 4.69) is 32.6 Å². The molecule has 1 fully saturated rings. The van der Waals surface area contributed by atoms with Gasteiger partial charge in [0, 0.05) is 16.9 Å². The SMILES string of the molecule is C=C(C)C1CC=CC(C)=C1OCC1CS1. The van der Waals surface area contributed by atoms with Gasteiger partial charge in [0.25, 0.3) is 0 Å². The zero-order valence-corrected chi connectivity index (χ0v) is 10.3. The van der Waals surface area contributed by atoms with E-state index in [1.807, 2.05) is 11.8 Å². The molecule has 0 bridgehead atoms. The summed E-state index contributed by atoms with van der Waals surface area (Å²) in [5, 5.41) is 0.738. The molecule has 0 aromatic rings. The fourth-order valence-corrected chi connectivity index (χ4v) is 2.23. The zero-order valence-electron chi connectivity index (χ0n) is 9.45. The molecular formula is C13H18OS. The van der Waals surface area contributed by atoms with Gasteiger partial charge in [-0.1, -0.05) is 24.3 Å². The molecule has 1 heterocycles. The highest BCUT2D eigenvalue weighted by Gasteiger charge is 2.26. The largest absolute Gasteiger partial charge is 0.496 e. The van der Waals surface area contributed by atoms with E-state index >= 15 is 0 Å². The highest BCUT2D eigenvalue weighted by atomic mass is 32.2. The van der Waals surface area contributed by atoms with E-state index in [0.29, 0.717) is 5.92 Å². The van der Waals surface area contributed by atoms with Crippen LogP contribution < -0.4 is 0 Å². The Morgan fingerprint density at radius 2 is 2.40 bits per heavy atom. The van der Waals surface area contributed by atoms with E-state index in [4.69, 9.17) is 4.74 Å². The van der Waals surface area contributed by atoms with Crippen molar-refractivity contribution >= 4 is 11.8 Å². The first-order valence-electron chi connectivity index (χ1n) is 5.45. The third-order valence-electron chi connectivity index (χ3n) is 2.87. The number of thioether (sulfide) groups is 1. The Hall–Kier alpha value is -0.630. The number of hydrogen-bond acceptors (Lipinski definition) is 2. The summed E-state index contributed by atoms with van der Waals surface area (Å²) in [5.41, 5.74) is 2.47. The molecule has 0 amide bonds. The second kappa shape index (κ2) is 4.48. The molecule has 2 atom stereocenters. The normalized spacial score (nSPS) is 29.2. The third kappa shape index (κ3) is 2.69. The van der Waals surface area contributed by atoms with Crippen molar-refractivity contribution in [3.8, 4) is 0 Å². The summed E-state index contributed by atoms with van der Waals surface area (Å²) in [6, 6.07) is 0. The van der Waals surface area contributed by atoms with Gasteiger partial charge in [-0.25, -0.2) is 0 Å². The summed E-state index contributed by atoms with van der Waals surface area (Å²) in [6.45, 7) is 9.14. The molecule has 0 aromatic heterocycles. The topological polar surface area (TPSA) is 9.23 Å². The van der Waals surface area contributed by atoms with Gasteiger partial charge >= 0.3 is 0 Å². The molecule has 82 valence electrons. The van der Waals surface area contributed by atoms with Crippen LogP contribution in [-0.2, 0) is 4.74 Å². The predicted octanol–water partition coefficient (Wildman–Crippen LogP) is 3.54. The Bertz CT molecular complexity index is 323. The van der Waals surface area contributed by atoms with Crippen LogP contribution in [0.3, 0.4) is 0 Å². The van der Waals surface area contributed by atoms with Gasteiger partial charge in [0.1, 0.15) is 12.4 Å². The molecule has 2 aliphatic rings. The van der Waals surface area contributed by atoms with Gasteiger partial charge < -0.3 is 4.74 Å². The highest BCUT2D eigenvalue weighted by molar-refractivity contribution is 8.06. The van der Waals surface area contributed by atoms with Gasteiger partial charge in [0.15, 0.2) is 0 Å². The first-order valence-corrected chi connectivity index (χ1v) is 6.50. The Morgan fingerprint density at radius 3 is 3.00 bits per heavy atom. The maximum atomic E-state index is 5.94. The average Bonchev–Trinajstić information content (AvgIpc) is 2.99. The second-order valence-electron chi connectivity index (χ2n) is 4.35. The molecule has 1 saturated heterocycles. The van der Waals surface area contributed by atoms with Gasteiger partial charge in [0.05, 0.1) is 0 Å². The van der Waals surface area contributed by atoms with Gasteiger partial charge in [-0.3, -0.25) is 0 Å². The van der Waals surface area contributed by atoms with Gasteiger partial charge in [0.2, 0.25) is 0 Å². The minimum Gasteiger partial charge on any atom is -0.496 e. The standard InChI is InChI=1S/C13H18OS/c1-9(2)12-6-4-5-10(3)13(12)14-7-11-8-15-11/h4-5,11-12H,1,6-8H2,2-3H3. The van der Waals surface area contributed by atoms with E-state index in [-0.39, 0.29) is 0 Å². The summed E-state index contributed by atoms with van der Waals surface area (Å²) in [4.78, 5) is 0. The van der Waals surface area contributed by atoms with Crippen LogP contribution in [-0.4, -0.2) is 17.6 Å². The van der Waals surface area contributed by atoms with Crippen LogP contribution in [0.15, 0.2) is 35.6 Å². The van der Waals surface area contributed by atoms with Crippen molar-refractivity contribution in [3.63, 3.8) is 0 Å². The van der Waals surface area contributed by atoms with E-state index in [1.54, 1.807) is 0 Å². The average molecular weight is 222 g/mol. The molecule has 2 rings (SSSR count). The Balaban J connectivity index is 2.05. The first kappa shape index (κ1) is 10.9. The third-order valence-corrected chi connectivity index (χ3v) is 3.81. The summed E-state index contributed by atoms with van der Waals surface area (Å²) < 4.78 is 5.94. The van der Waals surface area contributed by atoms with E-state index in [9.17, 15) is 0 Å². The number of ether oxygens (including phenoxy) is 1. The van der Waals surface area contributed by atoms with Crippen LogP contribution in [0.1, 0.15) is 20.3 Å². The molecule has 0 spiro atoms. The van der Waals surface area contributed by atoms with Gasteiger partial charge in [-0.15, -0.1) is 0 Å². The first-order chi connectivity index (χ1) is 7.18. The highest BCUT2D eigenvalue weighted by Crippen LogP contribution is 2.35. The maximum Gasteiger partial charge on any atom is 0.106 e. The molecule has 1 aliphatic heterocycles. The molecular weight excluding hydrogens is 204 g/mol. The minimum absolute atomic E-state index is 0.402. The minimum atomic E-state index is 0.402. The molecule has 2 unspecified atom stereocenters. The second-order valence-corrected chi connectivity index (χ2v) is 5.68. The zero-order chi connectivity index (χ0) is 10.8. The lowest BCUT2D eigenvalue weighted by molar-refractivity contribution is 0.189. The molecule has 0 radical (unpaired) electrons. The van der Waals surface area contributed by atoms with Gasteiger partial charge in [-0.05, 0) is 25.8 Å². The fourth-order valence-electron chi connectivity index (χ4n) is 1.83. The van der Waals surface area contributed by atoms with Crippen molar-refractivity contribution in [2.75, 3.05) is 12.4 Å². The molecule has 1 nitrogen and oxygen atoms in total. The van der Waals surface area contributed by atoms with Gasteiger partial charge in [-0.2, -0.15) is 11.8 Å². The van der Waals surface area contributed by atoms with Crippen LogP contribution >= 0.6 is 11.8 Å². The summed E-state index contributed by atoms with van der Waals surface area (Å²) >= 11 is 1.98. The van der Waals surface area contributed by atoms with E-state index < -0.39 is 0 Å². The quantitative estimate of drug-likeness (QED) is 0.531. The molecule has 0 saturated carbocycles. The number of allylic oxidation sites excluding steroid dienone is 4. The van der Waals surface area contributed by atoms with Crippen molar-refractivity contribution in [1.82, 2.24) is 0 Å². The smallest absolute Gasteiger partial charge is 0.106 e. The molecule has 0 aromatic carbocycles. The van der Waals surface area contributed by atoms with Crippen molar-refractivity contribution in [3.05, 3.63) is 35.6 Å². The molecule has 1 aliphatic carbocycles. The maximum absolute atomic E-state index is 5.94.